The molecule has 0 unspecified atom stereocenters. The van der Waals surface area contributed by atoms with Crippen LogP contribution in [0.3, 0.4) is 0 Å². The van der Waals surface area contributed by atoms with E-state index in [2.05, 4.69) is 10.5 Å². The van der Waals surface area contributed by atoms with E-state index in [0.717, 1.165) is 16.9 Å². The molecule has 1 aromatic rings. The zero-order chi connectivity index (χ0) is 16.6. The molecule has 8 heteroatoms. The Kier molecular flexibility index (Phi) is 3.81. The second-order valence-corrected chi connectivity index (χ2v) is 5.62. The Morgan fingerprint density at radius 2 is 2.30 bits per heavy atom. The second-order valence-electron chi connectivity index (χ2n) is 5.62. The van der Waals surface area contributed by atoms with Crippen molar-refractivity contribution in [1.82, 2.24) is 5.32 Å². The van der Waals surface area contributed by atoms with Crippen LogP contribution in [-0.4, -0.2) is 49.3 Å². The van der Waals surface area contributed by atoms with Gasteiger partial charge in [0.05, 0.1) is 13.1 Å². The van der Waals surface area contributed by atoms with E-state index in [-0.39, 0.29) is 12.0 Å². The van der Waals surface area contributed by atoms with Crippen molar-refractivity contribution in [2.24, 2.45) is 5.16 Å². The van der Waals surface area contributed by atoms with Crippen molar-refractivity contribution in [2.75, 3.05) is 29.9 Å². The number of cyclic esters (lactones) is 1. The van der Waals surface area contributed by atoms with E-state index in [1.807, 2.05) is 25.2 Å². The minimum absolute atomic E-state index is 0.157. The third kappa shape index (κ3) is 2.79. The van der Waals surface area contributed by atoms with Crippen molar-refractivity contribution in [3.8, 4) is 0 Å². The first-order valence-electron chi connectivity index (χ1n) is 7.29. The summed E-state index contributed by atoms with van der Waals surface area (Å²) in [6.45, 7) is 2.10. The molecule has 2 amide bonds. The Bertz CT molecular complexity index is 688. The summed E-state index contributed by atoms with van der Waals surface area (Å²) in [5, 5.41) is 14.9. The molecule has 1 fully saturated rings. The minimum Gasteiger partial charge on any atom is -0.442 e. The van der Waals surface area contributed by atoms with Gasteiger partial charge in [-0.15, -0.1) is 0 Å². The average molecular weight is 318 g/mol. The average Bonchev–Trinajstić information content (AvgIpc) is 3.05. The Hall–Kier alpha value is -2.77. The van der Waals surface area contributed by atoms with Crippen LogP contribution in [0.5, 0.6) is 0 Å². The van der Waals surface area contributed by atoms with Crippen LogP contribution in [-0.2, 0) is 16.0 Å². The lowest BCUT2D eigenvalue weighted by atomic mass is 10.1. The topological polar surface area (TPSA) is 94.5 Å². The molecule has 2 N–H and O–H groups in total. The summed E-state index contributed by atoms with van der Waals surface area (Å²) in [7, 11) is 1.83. The summed E-state index contributed by atoms with van der Waals surface area (Å²) < 4.78 is 5.26. The lowest BCUT2D eigenvalue weighted by Gasteiger charge is -2.16. The molecule has 3 rings (SSSR count). The van der Waals surface area contributed by atoms with Gasteiger partial charge in [-0.1, -0.05) is 5.16 Å². The van der Waals surface area contributed by atoms with Crippen LogP contribution in [0.1, 0.15) is 12.5 Å². The number of hydrogen-bond acceptors (Lipinski definition) is 5. The van der Waals surface area contributed by atoms with Crippen molar-refractivity contribution in [3.05, 3.63) is 23.8 Å². The summed E-state index contributed by atoms with van der Waals surface area (Å²) in [4.78, 5) is 26.3. The van der Waals surface area contributed by atoms with Gasteiger partial charge in [0.25, 0.3) is 0 Å². The Balaban J connectivity index is 1.76. The molecular formula is C15H18N4O4. The fourth-order valence-electron chi connectivity index (χ4n) is 2.84. The van der Waals surface area contributed by atoms with Crippen LogP contribution in [0, 0.1) is 0 Å². The van der Waals surface area contributed by atoms with E-state index < -0.39 is 6.09 Å². The molecule has 1 aromatic carbocycles. The van der Waals surface area contributed by atoms with Gasteiger partial charge >= 0.3 is 6.09 Å². The summed E-state index contributed by atoms with van der Waals surface area (Å²) in [5.41, 5.74) is 2.66. The predicted molar refractivity (Wildman–Crippen MR) is 84.1 cm³/mol. The molecule has 0 spiro atoms. The molecule has 0 aromatic heterocycles. The van der Waals surface area contributed by atoms with E-state index >= 15 is 0 Å². The number of amides is 2. The van der Waals surface area contributed by atoms with Crippen molar-refractivity contribution >= 4 is 29.2 Å². The molecule has 0 aliphatic carbocycles. The molecule has 1 atom stereocenters. The smallest absolute Gasteiger partial charge is 0.414 e. The van der Waals surface area contributed by atoms with E-state index in [0.29, 0.717) is 25.3 Å². The quantitative estimate of drug-likeness (QED) is 0.638. The molecule has 0 saturated carbocycles. The number of nitrogens with zero attached hydrogens (tertiary/aromatic N) is 3. The zero-order valence-corrected chi connectivity index (χ0v) is 12.9. The van der Waals surface area contributed by atoms with Crippen molar-refractivity contribution in [3.63, 3.8) is 0 Å². The van der Waals surface area contributed by atoms with Crippen LogP contribution in [0.2, 0.25) is 0 Å². The molecule has 8 nitrogen and oxygen atoms in total. The van der Waals surface area contributed by atoms with Crippen molar-refractivity contribution in [2.45, 2.75) is 19.4 Å². The second kappa shape index (κ2) is 5.79. The normalized spacial score (nSPS) is 21.6. The molecule has 1 saturated heterocycles. The van der Waals surface area contributed by atoms with Crippen molar-refractivity contribution in [1.29, 1.82) is 0 Å². The molecule has 23 heavy (non-hydrogen) atoms. The number of amidine groups is 1. The Morgan fingerprint density at radius 3 is 3.00 bits per heavy atom. The zero-order valence-electron chi connectivity index (χ0n) is 12.9. The summed E-state index contributed by atoms with van der Waals surface area (Å²) in [6, 6.07) is 5.61. The maximum Gasteiger partial charge on any atom is 0.414 e. The number of fused-ring (bicyclic) bond motifs is 1. The summed E-state index contributed by atoms with van der Waals surface area (Å²) >= 11 is 0. The predicted octanol–water partition coefficient (Wildman–Crippen LogP) is 0.928. The van der Waals surface area contributed by atoms with Gasteiger partial charge in [-0.2, -0.15) is 0 Å². The third-order valence-corrected chi connectivity index (χ3v) is 4.04. The molecule has 0 radical (unpaired) electrons. The van der Waals surface area contributed by atoms with Gasteiger partial charge in [-0.05, 0) is 23.8 Å². The highest BCUT2D eigenvalue weighted by atomic mass is 16.6. The minimum atomic E-state index is -0.428. The molecule has 2 aliphatic rings. The van der Waals surface area contributed by atoms with Crippen LogP contribution in [0.15, 0.2) is 23.4 Å². The number of hydrogen-bond donors (Lipinski definition) is 2. The fraction of sp³-hybridized carbons (Fsp3) is 0.400. The largest absolute Gasteiger partial charge is 0.442 e. The SMILES string of the molecule is CC(=O)NC[C@H]1CN(c2ccc3c(c2)CC(=NO)N3C)C(=O)O1. The number of carbonyl (C=O) groups is 2. The van der Waals surface area contributed by atoms with Gasteiger partial charge < -0.3 is 20.2 Å². The van der Waals surface area contributed by atoms with Crippen LogP contribution < -0.4 is 15.1 Å². The first kappa shape index (κ1) is 15.1. The first-order chi connectivity index (χ1) is 11.0. The number of likely N-dealkylation sites (N-methyl/N-ethyl adjacent to an activating group) is 1. The van der Waals surface area contributed by atoms with Crippen LogP contribution in [0.25, 0.3) is 0 Å². The highest BCUT2D eigenvalue weighted by Crippen LogP contribution is 2.33. The molecular weight excluding hydrogens is 300 g/mol. The van der Waals surface area contributed by atoms with E-state index in [4.69, 9.17) is 9.94 Å². The molecule has 122 valence electrons. The van der Waals surface area contributed by atoms with Crippen molar-refractivity contribution < 1.29 is 19.5 Å². The lowest BCUT2D eigenvalue weighted by Crippen LogP contribution is -2.33. The standard InChI is InChI=1S/C15H18N4O4/c1-9(20)16-7-12-8-19(15(21)23-12)11-3-4-13-10(5-11)6-14(17-22)18(13)2/h3-5,12,22H,6-8H2,1-2H3,(H,16,20)/t12-/m0/s1. The number of rotatable bonds is 3. The van der Waals surface area contributed by atoms with Crippen LogP contribution >= 0.6 is 0 Å². The van der Waals surface area contributed by atoms with Crippen LogP contribution in [0.4, 0.5) is 16.2 Å². The lowest BCUT2D eigenvalue weighted by molar-refractivity contribution is -0.119. The van der Waals surface area contributed by atoms with E-state index in [9.17, 15) is 9.59 Å². The first-order valence-corrected chi connectivity index (χ1v) is 7.29. The molecule has 2 aliphatic heterocycles. The summed E-state index contributed by atoms with van der Waals surface area (Å²) in [6.07, 6.45) is -0.284. The van der Waals surface area contributed by atoms with Gasteiger partial charge in [-0.3, -0.25) is 9.69 Å². The van der Waals surface area contributed by atoms with E-state index in [1.54, 1.807) is 9.80 Å². The third-order valence-electron chi connectivity index (χ3n) is 4.04. The highest BCUT2D eigenvalue weighted by Gasteiger charge is 2.33. The fourth-order valence-corrected chi connectivity index (χ4v) is 2.84. The number of ether oxygens (including phenoxy) is 1. The van der Waals surface area contributed by atoms with Gasteiger partial charge in [0.2, 0.25) is 5.91 Å². The number of oxime groups is 1. The maximum atomic E-state index is 12.0. The van der Waals surface area contributed by atoms with Gasteiger partial charge in [0.1, 0.15) is 6.10 Å². The molecule has 0 bridgehead atoms. The Morgan fingerprint density at radius 1 is 1.52 bits per heavy atom. The highest BCUT2D eigenvalue weighted by molar-refractivity contribution is 6.05. The van der Waals surface area contributed by atoms with E-state index in [1.165, 1.54) is 6.92 Å². The number of benzene rings is 1. The Labute approximate surface area is 133 Å². The number of anilines is 2. The monoisotopic (exact) mass is 318 g/mol. The van der Waals surface area contributed by atoms with Gasteiger partial charge in [0.15, 0.2) is 5.84 Å². The number of nitrogens with one attached hydrogen (secondary N) is 1. The maximum absolute atomic E-state index is 12.0. The number of carbonyl (C=O) groups excluding carboxylic acids is 2. The summed E-state index contributed by atoms with van der Waals surface area (Å²) in [5.74, 6) is 0.403. The van der Waals surface area contributed by atoms with Gasteiger partial charge in [0, 0.05) is 31.8 Å². The molecule has 2 heterocycles. The van der Waals surface area contributed by atoms with Gasteiger partial charge in [-0.25, -0.2) is 4.79 Å².